The zero-order chi connectivity index (χ0) is 27.8. The van der Waals surface area contributed by atoms with E-state index in [-0.39, 0.29) is 18.9 Å². The van der Waals surface area contributed by atoms with Crippen LogP contribution in [0.5, 0.6) is 11.5 Å². The van der Waals surface area contributed by atoms with E-state index >= 15 is 0 Å². The third-order valence-electron chi connectivity index (χ3n) is 5.41. The van der Waals surface area contributed by atoms with E-state index in [2.05, 4.69) is 26.5 Å². The molecule has 1 amide bonds. The lowest BCUT2D eigenvalue weighted by atomic mass is 10.2. The van der Waals surface area contributed by atoms with Crippen LogP contribution in [0.4, 0.5) is 5.69 Å². The minimum Gasteiger partial charge on any atom is -0.488 e. The van der Waals surface area contributed by atoms with Crippen LogP contribution in [0.25, 0.3) is 0 Å². The number of hydrogen-bond acceptors (Lipinski definition) is 6. The standard InChI is InChI=1S/C28H20BrCl2N3O5/c29-24-13-19(7-12-27(24)38-16-18-5-10-22(11-6-18)34(36)37)15-32-33-28(35)23-3-1-2-4-26(23)39-17-20-8-9-21(30)14-25(20)31/h1-15H,16-17H2,(H,33,35)/b32-15+. The Morgan fingerprint density at radius 2 is 1.69 bits per heavy atom. The molecule has 4 aromatic rings. The summed E-state index contributed by atoms with van der Waals surface area (Å²) in [6.45, 7) is 0.405. The fourth-order valence-electron chi connectivity index (χ4n) is 3.39. The fourth-order valence-corrected chi connectivity index (χ4v) is 4.36. The van der Waals surface area contributed by atoms with Gasteiger partial charge in [-0.05, 0) is 81.7 Å². The van der Waals surface area contributed by atoms with Crippen molar-refractivity contribution >= 4 is 56.9 Å². The number of nitrogens with one attached hydrogen (secondary N) is 1. The molecule has 11 heteroatoms. The molecule has 0 heterocycles. The van der Waals surface area contributed by atoms with Gasteiger partial charge in [0.15, 0.2) is 0 Å². The maximum Gasteiger partial charge on any atom is 0.275 e. The third kappa shape index (κ3) is 7.79. The summed E-state index contributed by atoms with van der Waals surface area (Å²) in [4.78, 5) is 23.1. The van der Waals surface area contributed by atoms with Crippen molar-refractivity contribution in [1.82, 2.24) is 5.43 Å². The van der Waals surface area contributed by atoms with Crippen molar-refractivity contribution in [2.24, 2.45) is 5.10 Å². The SMILES string of the molecule is O=C(N/N=C/c1ccc(OCc2ccc([N+](=O)[O-])cc2)c(Br)c1)c1ccccc1OCc1ccc(Cl)cc1Cl. The topological polar surface area (TPSA) is 103 Å². The number of para-hydroxylation sites is 1. The minimum atomic E-state index is -0.449. The Hall–Kier alpha value is -3.92. The fraction of sp³-hybridized carbons (Fsp3) is 0.0714. The van der Waals surface area contributed by atoms with Gasteiger partial charge in [0.05, 0.1) is 21.2 Å². The van der Waals surface area contributed by atoms with Gasteiger partial charge in [-0.1, -0.05) is 41.4 Å². The molecule has 0 radical (unpaired) electrons. The highest BCUT2D eigenvalue weighted by Crippen LogP contribution is 2.27. The Balaban J connectivity index is 1.34. The van der Waals surface area contributed by atoms with Crippen molar-refractivity contribution in [1.29, 1.82) is 0 Å². The summed E-state index contributed by atoms with van der Waals surface area (Å²) >= 11 is 15.6. The molecule has 0 bridgehead atoms. The number of non-ortho nitro benzene ring substituents is 1. The van der Waals surface area contributed by atoms with Gasteiger partial charge in [-0.15, -0.1) is 0 Å². The van der Waals surface area contributed by atoms with Gasteiger partial charge < -0.3 is 9.47 Å². The Labute approximate surface area is 242 Å². The lowest BCUT2D eigenvalue weighted by Crippen LogP contribution is -2.18. The molecule has 0 spiro atoms. The zero-order valence-electron chi connectivity index (χ0n) is 20.1. The number of benzene rings is 4. The van der Waals surface area contributed by atoms with E-state index in [4.69, 9.17) is 32.7 Å². The summed E-state index contributed by atoms with van der Waals surface area (Å²) in [7, 11) is 0. The molecule has 39 heavy (non-hydrogen) atoms. The quantitative estimate of drug-likeness (QED) is 0.111. The molecule has 8 nitrogen and oxygen atoms in total. The highest BCUT2D eigenvalue weighted by Gasteiger charge is 2.13. The molecular formula is C28H20BrCl2N3O5. The van der Waals surface area contributed by atoms with Crippen LogP contribution in [-0.4, -0.2) is 17.0 Å². The van der Waals surface area contributed by atoms with E-state index in [1.54, 1.807) is 72.8 Å². The van der Waals surface area contributed by atoms with Crippen LogP contribution in [-0.2, 0) is 13.2 Å². The number of ether oxygens (including phenoxy) is 2. The van der Waals surface area contributed by atoms with Gasteiger partial charge in [0.25, 0.3) is 11.6 Å². The average molecular weight is 629 g/mol. The molecule has 1 N–H and O–H groups in total. The van der Waals surface area contributed by atoms with Crippen LogP contribution >= 0.6 is 39.1 Å². The van der Waals surface area contributed by atoms with Crippen molar-refractivity contribution in [3.63, 3.8) is 0 Å². The second-order valence-corrected chi connectivity index (χ2v) is 9.82. The molecule has 0 aliphatic heterocycles. The van der Waals surface area contributed by atoms with Crippen molar-refractivity contribution in [2.75, 3.05) is 0 Å². The monoisotopic (exact) mass is 627 g/mol. The molecule has 0 saturated carbocycles. The number of rotatable bonds is 10. The van der Waals surface area contributed by atoms with Crippen LogP contribution < -0.4 is 14.9 Å². The molecule has 0 fully saturated rings. The first-order chi connectivity index (χ1) is 18.8. The molecule has 198 valence electrons. The first-order valence-corrected chi connectivity index (χ1v) is 13.0. The second kappa shape index (κ2) is 13.2. The normalized spacial score (nSPS) is 10.8. The summed E-state index contributed by atoms with van der Waals surface area (Å²) < 4.78 is 12.3. The number of carbonyl (C=O) groups is 1. The molecular weight excluding hydrogens is 609 g/mol. The van der Waals surface area contributed by atoms with Gasteiger partial charge in [-0.3, -0.25) is 14.9 Å². The predicted molar refractivity (Wildman–Crippen MR) is 154 cm³/mol. The molecule has 0 atom stereocenters. The van der Waals surface area contributed by atoms with E-state index in [0.717, 1.165) is 11.1 Å². The van der Waals surface area contributed by atoms with Crippen LogP contribution in [0.3, 0.4) is 0 Å². The predicted octanol–water partition coefficient (Wildman–Crippen LogP) is 7.59. The summed E-state index contributed by atoms with van der Waals surface area (Å²) in [6.07, 6.45) is 1.50. The van der Waals surface area contributed by atoms with Gasteiger partial charge in [0, 0.05) is 27.7 Å². The Morgan fingerprint density at radius 3 is 2.41 bits per heavy atom. The lowest BCUT2D eigenvalue weighted by molar-refractivity contribution is -0.384. The summed E-state index contributed by atoms with van der Waals surface area (Å²) in [5, 5.41) is 15.8. The second-order valence-electron chi connectivity index (χ2n) is 8.12. The van der Waals surface area contributed by atoms with E-state index < -0.39 is 10.8 Å². The minimum absolute atomic E-state index is 0.0227. The van der Waals surface area contributed by atoms with Crippen molar-refractivity contribution < 1.29 is 19.2 Å². The number of amides is 1. The van der Waals surface area contributed by atoms with Crippen molar-refractivity contribution in [3.05, 3.63) is 132 Å². The molecule has 4 aromatic carbocycles. The third-order valence-corrected chi connectivity index (χ3v) is 6.61. The number of halogens is 3. The van der Waals surface area contributed by atoms with Gasteiger partial charge in [-0.2, -0.15) is 5.10 Å². The summed E-state index contributed by atoms with van der Waals surface area (Å²) in [6, 6.07) is 23.4. The van der Waals surface area contributed by atoms with E-state index in [1.165, 1.54) is 18.3 Å². The molecule has 0 unspecified atom stereocenters. The number of nitrogens with zero attached hydrogens (tertiary/aromatic N) is 2. The molecule has 0 saturated heterocycles. The number of nitro groups is 1. The molecule has 0 aliphatic rings. The van der Waals surface area contributed by atoms with Crippen LogP contribution in [0.1, 0.15) is 27.0 Å². The Kier molecular flexibility index (Phi) is 9.54. The first kappa shape index (κ1) is 28.1. The largest absolute Gasteiger partial charge is 0.488 e. The number of hydrazone groups is 1. The lowest BCUT2D eigenvalue weighted by Gasteiger charge is -2.11. The van der Waals surface area contributed by atoms with E-state index in [9.17, 15) is 14.9 Å². The highest BCUT2D eigenvalue weighted by atomic mass is 79.9. The Bertz CT molecular complexity index is 1530. The van der Waals surface area contributed by atoms with Gasteiger partial charge in [-0.25, -0.2) is 5.43 Å². The number of nitro benzene ring substituents is 1. The Morgan fingerprint density at radius 1 is 0.949 bits per heavy atom. The highest BCUT2D eigenvalue weighted by molar-refractivity contribution is 9.10. The smallest absolute Gasteiger partial charge is 0.275 e. The van der Waals surface area contributed by atoms with E-state index in [1.807, 2.05) is 0 Å². The maximum absolute atomic E-state index is 12.8. The number of hydrogen-bond donors (Lipinski definition) is 1. The van der Waals surface area contributed by atoms with Crippen LogP contribution in [0, 0.1) is 10.1 Å². The summed E-state index contributed by atoms with van der Waals surface area (Å²) in [5.41, 5.74) is 5.09. The summed E-state index contributed by atoms with van der Waals surface area (Å²) in [5.74, 6) is 0.529. The molecule has 0 aromatic heterocycles. The van der Waals surface area contributed by atoms with Crippen LogP contribution in [0.15, 0.2) is 94.5 Å². The van der Waals surface area contributed by atoms with Crippen LogP contribution in [0.2, 0.25) is 10.0 Å². The van der Waals surface area contributed by atoms with Gasteiger partial charge >= 0.3 is 0 Å². The van der Waals surface area contributed by atoms with Gasteiger partial charge in [0.1, 0.15) is 24.7 Å². The van der Waals surface area contributed by atoms with Crippen molar-refractivity contribution in [2.45, 2.75) is 13.2 Å². The van der Waals surface area contributed by atoms with Gasteiger partial charge in [0.2, 0.25) is 0 Å². The zero-order valence-corrected chi connectivity index (χ0v) is 23.2. The maximum atomic E-state index is 12.8. The first-order valence-electron chi connectivity index (χ1n) is 11.4. The molecule has 0 aliphatic carbocycles. The molecule has 4 rings (SSSR count). The average Bonchev–Trinajstić information content (AvgIpc) is 2.92. The number of carbonyl (C=O) groups excluding carboxylic acids is 1. The van der Waals surface area contributed by atoms with E-state index in [0.29, 0.717) is 37.1 Å². The van der Waals surface area contributed by atoms with Crippen molar-refractivity contribution in [3.8, 4) is 11.5 Å².